The standard InChI is InChI=1S/C13H17FN4O3/c1-2-3-7-10-12(16-5-15-7)18(6-17-10)13-9(14)11(20)8(4-19)21-13/h5-6,8-9,11,13,19-20H,2-4H2,1H3/t8?,9-,11-,13?/m1/s1. The number of ether oxygens (including phenoxy) is 1. The van der Waals surface area contributed by atoms with Gasteiger partial charge in [-0.1, -0.05) is 13.3 Å². The maximum Gasteiger partial charge on any atom is 0.173 e. The highest BCUT2D eigenvalue weighted by Gasteiger charge is 2.45. The number of aromatic nitrogens is 4. The number of nitrogens with zero attached hydrogens (tertiary/aromatic N) is 4. The lowest BCUT2D eigenvalue weighted by atomic mass is 10.1. The van der Waals surface area contributed by atoms with Gasteiger partial charge < -0.3 is 14.9 Å². The summed E-state index contributed by atoms with van der Waals surface area (Å²) in [5.41, 5.74) is 1.87. The third-order valence-electron chi connectivity index (χ3n) is 3.67. The zero-order valence-electron chi connectivity index (χ0n) is 11.6. The third kappa shape index (κ3) is 2.29. The van der Waals surface area contributed by atoms with Gasteiger partial charge in [-0.25, -0.2) is 19.3 Å². The molecule has 2 aromatic heterocycles. The second-order valence-electron chi connectivity index (χ2n) is 5.08. The summed E-state index contributed by atoms with van der Waals surface area (Å²) in [6, 6.07) is 0. The minimum absolute atomic E-state index is 0.444. The molecule has 4 atom stereocenters. The molecule has 1 saturated heterocycles. The molecule has 0 amide bonds. The number of aliphatic hydroxyl groups excluding tert-OH is 2. The molecule has 21 heavy (non-hydrogen) atoms. The van der Waals surface area contributed by atoms with Gasteiger partial charge in [0, 0.05) is 0 Å². The Kier molecular flexibility index (Phi) is 3.83. The van der Waals surface area contributed by atoms with Crippen LogP contribution in [0.2, 0.25) is 0 Å². The van der Waals surface area contributed by atoms with Crippen molar-refractivity contribution in [1.29, 1.82) is 0 Å². The molecule has 1 fully saturated rings. The van der Waals surface area contributed by atoms with Crippen molar-refractivity contribution in [3.63, 3.8) is 0 Å². The molecule has 1 aliphatic heterocycles. The molecule has 0 spiro atoms. The van der Waals surface area contributed by atoms with E-state index in [1.165, 1.54) is 17.2 Å². The Bertz CT molecular complexity index is 635. The predicted octanol–water partition coefficient (Wildman–Crippen LogP) is 0.367. The Labute approximate surface area is 120 Å². The topological polar surface area (TPSA) is 93.3 Å². The monoisotopic (exact) mass is 296 g/mol. The summed E-state index contributed by atoms with van der Waals surface area (Å²) in [6.45, 7) is 1.59. The number of rotatable bonds is 4. The molecule has 0 saturated carbocycles. The Morgan fingerprint density at radius 3 is 2.86 bits per heavy atom. The van der Waals surface area contributed by atoms with E-state index >= 15 is 0 Å². The average molecular weight is 296 g/mol. The Morgan fingerprint density at radius 2 is 2.19 bits per heavy atom. The van der Waals surface area contributed by atoms with Crippen molar-refractivity contribution < 1.29 is 19.3 Å². The van der Waals surface area contributed by atoms with Crippen LogP contribution in [-0.2, 0) is 11.2 Å². The SMILES string of the molecule is CCCc1ncnc2c1ncn2C1OC(CO)[C@@H](O)[C@H]1F. The number of fused-ring (bicyclic) bond motifs is 1. The van der Waals surface area contributed by atoms with Gasteiger partial charge in [0.1, 0.15) is 24.1 Å². The van der Waals surface area contributed by atoms with Crippen molar-refractivity contribution in [2.75, 3.05) is 6.61 Å². The van der Waals surface area contributed by atoms with E-state index in [4.69, 9.17) is 9.84 Å². The van der Waals surface area contributed by atoms with Gasteiger partial charge in [0.05, 0.1) is 18.6 Å². The lowest BCUT2D eigenvalue weighted by molar-refractivity contribution is -0.0459. The van der Waals surface area contributed by atoms with Crippen LogP contribution in [0.3, 0.4) is 0 Å². The zero-order chi connectivity index (χ0) is 15.0. The molecule has 3 heterocycles. The fourth-order valence-electron chi connectivity index (χ4n) is 2.58. The summed E-state index contributed by atoms with van der Waals surface area (Å²) in [7, 11) is 0. The van der Waals surface area contributed by atoms with Crippen LogP contribution in [0.25, 0.3) is 11.2 Å². The molecule has 7 nitrogen and oxygen atoms in total. The molecular weight excluding hydrogens is 279 g/mol. The number of aryl methyl sites for hydroxylation is 1. The van der Waals surface area contributed by atoms with Crippen molar-refractivity contribution in [3.05, 3.63) is 18.3 Å². The Morgan fingerprint density at radius 1 is 1.38 bits per heavy atom. The van der Waals surface area contributed by atoms with Crippen LogP contribution in [-0.4, -0.2) is 54.7 Å². The number of hydrogen-bond acceptors (Lipinski definition) is 6. The number of alkyl halides is 1. The molecule has 0 bridgehead atoms. The van der Waals surface area contributed by atoms with Gasteiger partial charge >= 0.3 is 0 Å². The number of imidazole rings is 1. The number of aliphatic hydroxyl groups is 2. The molecule has 0 aliphatic carbocycles. The molecule has 2 aromatic rings. The van der Waals surface area contributed by atoms with Crippen LogP contribution >= 0.6 is 0 Å². The predicted molar refractivity (Wildman–Crippen MR) is 71.2 cm³/mol. The van der Waals surface area contributed by atoms with Gasteiger partial charge in [-0.05, 0) is 6.42 Å². The van der Waals surface area contributed by atoms with Crippen molar-refractivity contribution in [2.45, 2.75) is 44.4 Å². The summed E-state index contributed by atoms with van der Waals surface area (Å²) in [5.74, 6) is 0. The molecule has 3 rings (SSSR count). The van der Waals surface area contributed by atoms with Crippen molar-refractivity contribution in [1.82, 2.24) is 19.5 Å². The van der Waals surface area contributed by atoms with E-state index in [2.05, 4.69) is 15.0 Å². The molecule has 1 aliphatic rings. The van der Waals surface area contributed by atoms with Crippen molar-refractivity contribution >= 4 is 11.2 Å². The van der Waals surface area contributed by atoms with Crippen molar-refractivity contribution in [3.8, 4) is 0 Å². The van der Waals surface area contributed by atoms with Crippen LogP contribution in [0.4, 0.5) is 4.39 Å². The second kappa shape index (κ2) is 5.63. The van der Waals surface area contributed by atoms with Gasteiger partial charge in [0.25, 0.3) is 0 Å². The summed E-state index contributed by atoms with van der Waals surface area (Å²) in [4.78, 5) is 12.6. The van der Waals surface area contributed by atoms with Crippen LogP contribution in [0.5, 0.6) is 0 Å². The lowest BCUT2D eigenvalue weighted by Gasteiger charge is -2.15. The normalized spacial score (nSPS) is 29.3. The minimum Gasteiger partial charge on any atom is -0.394 e. The first-order valence-electron chi connectivity index (χ1n) is 6.92. The van der Waals surface area contributed by atoms with Crippen LogP contribution < -0.4 is 0 Å². The van der Waals surface area contributed by atoms with E-state index < -0.39 is 31.2 Å². The highest BCUT2D eigenvalue weighted by molar-refractivity contribution is 5.73. The minimum atomic E-state index is -1.65. The van der Waals surface area contributed by atoms with Gasteiger partial charge in [0.15, 0.2) is 18.0 Å². The van der Waals surface area contributed by atoms with Gasteiger partial charge in [0.2, 0.25) is 0 Å². The molecule has 0 radical (unpaired) electrons. The smallest absolute Gasteiger partial charge is 0.173 e. The van der Waals surface area contributed by atoms with Crippen LogP contribution in [0.15, 0.2) is 12.7 Å². The molecular formula is C13H17FN4O3. The van der Waals surface area contributed by atoms with Crippen LogP contribution in [0.1, 0.15) is 25.3 Å². The molecule has 0 aromatic carbocycles. The highest BCUT2D eigenvalue weighted by Crippen LogP contribution is 2.33. The fraction of sp³-hybridized carbons (Fsp3) is 0.615. The van der Waals surface area contributed by atoms with E-state index in [0.717, 1.165) is 18.5 Å². The molecule has 2 unspecified atom stereocenters. The van der Waals surface area contributed by atoms with Gasteiger partial charge in [-0.3, -0.25) is 4.57 Å². The van der Waals surface area contributed by atoms with Gasteiger partial charge in [-0.2, -0.15) is 0 Å². The number of halogens is 1. The summed E-state index contributed by atoms with van der Waals surface area (Å²) < 4.78 is 21.0. The third-order valence-corrected chi connectivity index (χ3v) is 3.67. The van der Waals surface area contributed by atoms with Crippen molar-refractivity contribution in [2.24, 2.45) is 0 Å². The second-order valence-corrected chi connectivity index (χ2v) is 5.08. The quantitative estimate of drug-likeness (QED) is 0.846. The highest BCUT2D eigenvalue weighted by atomic mass is 19.1. The van der Waals surface area contributed by atoms with Crippen LogP contribution in [0, 0.1) is 0 Å². The maximum atomic E-state index is 14.2. The van der Waals surface area contributed by atoms with E-state index in [1.807, 2.05) is 6.92 Å². The maximum absolute atomic E-state index is 14.2. The van der Waals surface area contributed by atoms with E-state index in [-0.39, 0.29) is 0 Å². The summed E-state index contributed by atoms with van der Waals surface area (Å²) in [5, 5.41) is 18.8. The molecule has 8 heteroatoms. The first-order chi connectivity index (χ1) is 10.2. The average Bonchev–Trinajstić information content (AvgIpc) is 3.03. The molecule has 114 valence electrons. The van der Waals surface area contributed by atoms with E-state index in [0.29, 0.717) is 11.2 Å². The fourth-order valence-corrected chi connectivity index (χ4v) is 2.58. The molecule has 2 N–H and O–H groups in total. The summed E-state index contributed by atoms with van der Waals surface area (Å²) >= 11 is 0. The lowest BCUT2D eigenvalue weighted by Crippen LogP contribution is -2.30. The van der Waals surface area contributed by atoms with Gasteiger partial charge in [-0.15, -0.1) is 0 Å². The Hall–Kier alpha value is -1.64. The van der Waals surface area contributed by atoms with E-state index in [9.17, 15) is 9.50 Å². The first-order valence-corrected chi connectivity index (χ1v) is 6.92. The largest absolute Gasteiger partial charge is 0.394 e. The van der Waals surface area contributed by atoms with E-state index in [1.54, 1.807) is 0 Å². The number of hydrogen-bond donors (Lipinski definition) is 2. The zero-order valence-corrected chi connectivity index (χ0v) is 11.6. The Balaban J connectivity index is 2.00. The summed E-state index contributed by atoms with van der Waals surface area (Å²) in [6.07, 6.45) is -0.502. The first kappa shape index (κ1) is 14.3.